The van der Waals surface area contributed by atoms with Gasteiger partial charge in [0.2, 0.25) is 11.3 Å². The molecular formula is C24H30N9O8P. The maximum atomic E-state index is 13.9. The minimum atomic E-state index is -4.55. The van der Waals surface area contributed by atoms with Crippen LogP contribution in [0.25, 0.3) is 10.4 Å². The SMILES string of the molecule is CC(C)OC(=O)[C@@H](C)NP(=O)(OC[C@@]1(N=[N+]=[N-])O[C@@](C#N)(c2ccc(C(N)=NC=N)[nH]2)[C@H](O)[C@@H]1O)Oc1ccccc1. The van der Waals surface area contributed by atoms with E-state index in [4.69, 9.17) is 29.7 Å². The minimum absolute atomic E-state index is 0.0676. The Bertz CT molecular complexity index is 1460. The van der Waals surface area contributed by atoms with Crippen LogP contribution in [0.3, 0.4) is 0 Å². The topological polar surface area (TPSA) is 274 Å². The van der Waals surface area contributed by atoms with Crippen LogP contribution in [0.1, 0.15) is 32.2 Å². The van der Waals surface area contributed by atoms with Crippen molar-refractivity contribution in [2.45, 2.75) is 56.5 Å². The Kier molecular flexibility index (Phi) is 10.1. The van der Waals surface area contributed by atoms with E-state index in [1.54, 1.807) is 38.1 Å². The smallest absolute Gasteiger partial charge is 0.459 e. The van der Waals surface area contributed by atoms with Crippen LogP contribution in [-0.4, -0.2) is 70.0 Å². The van der Waals surface area contributed by atoms with Gasteiger partial charge in [0.15, 0.2) is 0 Å². The van der Waals surface area contributed by atoms with E-state index in [1.807, 2.05) is 0 Å². The normalized spacial score (nSPS) is 26.0. The fraction of sp³-hybridized carbons (Fsp3) is 0.417. The van der Waals surface area contributed by atoms with Crippen molar-refractivity contribution in [3.63, 3.8) is 0 Å². The van der Waals surface area contributed by atoms with Crippen LogP contribution in [0.4, 0.5) is 0 Å². The molecule has 18 heteroatoms. The molecule has 0 spiro atoms. The predicted molar refractivity (Wildman–Crippen MR) is 147 cm³/mol. The van der Waals surface area contributed by atoms with Gasteiger partial charge in [0.1, 0.15) is 42.2 Å². The number of aromatic amines is 1. The number of azide groups is 1. The molecule has 1 aromatic heterocycles. The number of carbonyl (C=O) groups excluding carboxylic acids is 1. The quantitative estimate of drug-likeness (QED) is 0.0366. The third-order valence-electron chi connectivity index (χ3n) is 5.93. The first-order valence-corrected chi connectivity index (χ1v) is 13.9. The maximum Gasteiger partial charge on any atom is 0.459 e. The summed E-state index contributed by atoms with van der Waals surface area (Å²) in [5, 5.41) is 45.1. The number of carbonyl (C=O) groups is 1. The number of aromatic nitrogens is 1. The summed E-state index contributed by atoms with van der Waals surface area (Å²) in [7, 11) is -4.55. The fourth-order valence-corrected chi connectivity index (χ4v) is 5.46. The molecule has 1 saturated heterocycles. The van der Waals surface area contributed by atoms with Gasteiger partial charge in [-0.25, -0.2) is 9.56 Å². The summed E-state index contributed by atoms with van der Waals surface area (Å²) < 4.78 is 35.9. The molecule has 1 aromatic carbocycles. The Hall–Kier alpha value is -4.26. The third-order valence-corrected chi connectivity index (χ3v) is 7.55. The van der Waals surface area contributed by atoms with Crippen LogP contribution in [0.2, 0.25) is 0 Å². The van der Waals surface area contributed by atoms with Gasteiger partial charge in [-0.2, -0.15) is 10.3 Å². The number of hydrogen-bond donors (Lipinski definition) is 6. The summed E-state index contributed by atoms with van der Waals surface area (Å²) in [5.74, 6) is -0.838. The number of aliphatic hydroxyl groups is 2. The number of aliphatic imine (C=N–C) groups is 1. The molecule has 224 valence electrons. The summed E-state index contributed by atoms with van der Waals surface area (Å²) in [6.07, 6.45) is -3.92. The first kappa shape index (κ1) is 32.3. The molecule has 2 aromatic rings. The van der Waals surface area contributed by atoms with E-state index < -0.39 is 56.0 Å². The van der Waals surface area contributed by atoms with Gasteiger partial charge in [0.25, 0.3) is 0 Å². The number of para-hydroxylation sites is 1. The van der Waals surface area contributed by atoms with E-state index in [9.17, 15) is 30.4 Å². The van der Waals surface area contributed by atoms with Gasteiger partial charge >= 0.3 is 13.7 Å². The Morgan fingerprint density at radius 3 is 2.62 bits per heavy atom. The first-order chi connectivity index (χ1) is 19.8. The number of nitrogens with zero attached hydrogens (tertiary/aromatic N) is 5. The highest BCUT2D eigenvalue weighted by atomic mass is 31.2. The number of nitrogens with two attached hydrogens (primary N) is 1. The number of ether oxygens (including phenoxy) is 2. The fourth-order valence-electron chi connectivity index (χ4n) is 3.94. The number of aliphatic hydroxyl groups excluding tert-OH is 2. The van der Waals surface area contributed by atoms with Crippen molar-refractivity contribution < 1.29 is 38.1 Å². The van der Waals surface area contributed by atoms with Crippen molar-refractivity contribution in [1.29, 1.82) is 10.7 Å². The molecule has 1 aliphatic heterocycles. The predicted octanol–water partition coefficient (Wildman–Crippen LogP) is 1.94. The highest BCUT2D eigenvalue weighted by Gasteiger charge is 2.65. The van der Waals surface area contributed by atoms with Crippen LogP contribution in [0.15, 0.2) is 52.6 Å². The largest absolute Gasteiger partial charge is 0.462 e. The molecule has 6 atom stereocenters. The summed E-state index contributed by atoms with van der Waals surface area (Å²) in [6, 6.07) is 11.0. The minimum Gasteiger partial charge on any atom is -0.462 e. The molecule has 7 N–H and O–H groups in total. The number of amidine groups is 1. The van der Waals surface area contributed by atoms with Gasteiger partial charge in [-0.1, -0.05) is 23.3 Å². The first-order valence-electron chi connectivity index (χ1n) is 12.4. The molecule has 17 nitrogen and oxygen atoms in total. The van der Waals surface area contributed by atoms with Crippen molar-refractivity contribution in [2.75, 3.05) is 6.61 Å². The molecule has 2 heterocycles. The number of rotatable bonds is 13. The van der Waals surface area contributed by atoms with Gasteiger partial charge in [0, 0.05) is 4.91 Å². The lowest BCUT2D eigenvalue weighted by molar-refractivity contribution is -0.149. The Morgan fingerprint density at radius 1 is 1.33 bits per heavy atom. The molecule has 1 unspecified atom stereocenters. The van der Waals surface area contributed by atoms with E-state index in [0.29, 0.717) is 6.34 Å². The maximum absolute atomic E-state index is 13.9. The highest BCUT2D eigenvalue weighted by molar-refractivity contribution is 7.52. The molecule has 3 rings (SSSR count). The van der Waals surface area contributed by atoms with E-state index in [-0.39, 0.29) is 23.0 Å². The number of esters is 1. The molecule has 0 amide bonds. The number of hydrogen-bond acceptors (Lipinski definition) is 11. The van der Waals surface area contributed by atoms with Gasteiger partial charge in [0.05, 0.1) is 24.1 Å². The number of nitriles is 1. The lowest BCUT2D eigenvalue weighted by Gasteiger charge is -2.30. The lowest BCUT2D eigenvalue weighted by atomic mass is 9.92. The van der Waals surface area contributed by atoms with Gasteiger partial charge in [-0.05, 0) is 50.6 Å². The van der Waals surface area contributed by atoms with Gasteiger partial charge < -0.3 is 34.9 Å². The van der Waals surface area contributed by atoms with E-state index in [0.717, 1.165) is 0 Å². The third kappa shape index (κ3) is 6.78. The van der Waals surface area contributed by atoms with E-state index in [1.165, 1.54) is 31.2 Å². The average Bonchev–Trinajstić information content (AvgIpc) is 3.52. The molecule has 1 aliphatic rings. The summed E-state index contributed by atoms with van der Waals surface area (Å²) in [4.78, 5) is 21.4. The number of benzene rings is 1. The second-order valence-electron chi connectivity index (χ2n) is 9.31. The molecule has 0 radical (unpaired) electrons. The second-order valence-corrected chi connectivity index (χ2v) is 11.0. The summed E-state index contributed by atoms with van der Waals surface area (Å²) in [6.45, 7) is 3.57. The molecule has 0 saturated carbocycles. The standard InChI is InChI=1S/C24H30N9O8P/c1-14(2)39-22(36)15(3)31-42(37,40-16-7-5-4-6-8-16)38-12-24(32-33-28)20(35)19(34)23(11-25,41-24)18-10-9-17(30-18)21(27)29-13-26/h4-10,13-15,19-20,30,34-35H,12H2,1-3H3,(H,31,37)(H3,26,27,29)/t15-,19-,20+,23+,24-,42?/m1/s1. The monoisotopic (exact) mass is 603 g/mol. The van der Waals surface area contributed by atoms with Gasteiger partial charge in [-0.15, -0.1) is 0 Å². The van der Waals surface area contributed by atoms with Crippen LogP contribution in [0.5, 0.6) is 5.75 Å². The van der Waals surface area contributed by atoms with Crippen LogP contribution < -0.4 is 15.3 Å². The Morgan fingerprint density at radius 2 is 2.02 bits per heavy atom. The molecule has 1 fully saturated rings. The van der Waals surface area contributed by atoms with Crippen molar-refractivity contribution in [3.8, 4) is 11.8 Å². The summed E-state index contributed by atoms with van der Waals surface area (Å²) in [5.41, 5.74) is 10.2. The van der Waals surface area contributed by atoms with Crippen molar-refractivity contribution >= 4 is 25.9 Å². The Balaban J connectivity index is 1.98. The number of H-pyrrole nitrogens is 1. The zero-order valence-corrected chi connectivity index (χ0v) is 23.6. The molecular weight excluding hydrogens is 573 g/mol. The molecule has 0 aliphatic carbocycles. The zero-order valence-electron chi connectivity index (χ0n) is 22.7. The van der Waals surface area contributed by atoms with Crippen LogP contribution >= 0.6 is 7.75 Å². The van der Waals surface area contributed by atoms with Crippen LogP contribution in [-0.2, 0) is 29.0 Å². The van der Waals surface area contributed by atoms with Gasteiger partial charge in [-0.3, -0.25) is 14.7 Å². The summed E-state index contributed by atoms with van der Waals surface area (Å²) >= 11 is 0. The van der Waals surface area contributed by atoms with Crippen LogP contribution in [0, 0.1) is 16.7 Å². The second kappa shape index (κ2) is 13.1. The lowest BCUT2D eigenvalue weighted by Crippen LogP contribution is -2.46. The highest BCUT2D eigenvalue weighted by Crippen LogP contribution is 2.50. The molecule has 0 bridgehead atoms. The van der Waals surface area contributed by atoms with Crippen molar-refractivity contribution in [1.82, 2.24) is 10.1 Å². The van der Waals surface area contributed by atoms with E-state index >= 15 is 0 Å². The van der Waals surface area contributed by atoms with E-state index in [2.05, 4.69) is 25.1 Å². The number of nitrogens with one attached hydrogen (secondary N) is 3. The molecule has 42 heavy (non-hydrogen) atoms. The van der Waals surface area contributed by atoms with Crippen molar-refractivity contribution in [2.24, 2.45) is 15.8 Å². The van der Waals surface area contributed by atoms with Crippen molar-refractivity contribution in [3.05, 3.63) is 64.3 Å². The zero-order chi connectivity index (χ0) is 31.1. The Labute approximate surface area is 240 Å². The average molecular weight is 604 g/mol.